The summed E-state index contributed by atoms with van der Waals surface area (Å²) in [4.78, 5) is 5.30. The molecule has 2 N–H and O–H groups in total. The van der Waals surface area contributed by atoms with Crippen molar-refractivity contribution in [2.24, 2.45) is 0 Å². The summed E-state index contributed by atoms with van der Waals surface area (Å²) in [5.41, 5.74) is 7.13. The fourth-order valence-electron chi connectivity index (χ4n) is 1.82. The van der Waals surface area contributed by atoms with Gasteiger partial charge in [-0.15, -0.1) is 11.3 Å². The Morgan fingerprint density at radius 2 is 2.31 bits per heavy atom. The van der Waals surface area contributed by atoms with Crippen LogP contribution < -0.4 is 10.5 Å². The first-order valence-corrected chi connectivity index (χ1v) is 5.73. The molecule has 82 valence electrons. The maximum atomic E-state index is 13.2. The molecule has 0 unspecified atom stereocenters. The molecule has 0 atom stereocenters. The normalized spacial score (nSPS) is 13.6. The van der Waals surface area contributed by atoms with E-state index < -0.39 is 0 Å². The molecule has 0 aliphatic carbocycles. The Bertz CT molecular complexity index is 553. The number of fused-ring (bicyclic) bond motifs is 3. The number of halogens is 1. The smallest absolute Gasteiger partial charge is 0.180 e. The monoisotopic (exact) mass is 236 g/mol. The van der Waals surface area contributed by atoms with Crippen molar-refractivity contribution >= 4 is 16.5 Å². The lowest BCUT2D eigenvalue weighted by Gasteiger charge is -2.05. The van der Waals surface area contributed by atoms with Crippen LogP contribution in [-0.4, -0.2) is 11.6 Å². The predicted molar refractivity (Wildman–Crippen MR) is 61.1 cm³/mol. The van der Waals surface area contributed by atoms with E-state index in [1.807, 2.05) is 0 Å². The summed E-state index contributed by atoms with van der Waals surface area (Å²) in [6, 6.07) is 4.47. The molecule has 2 aromatic rings. The minimum absolute atomic E-state index is 0.290. The number of ether oxygens (including phenoxy) is 1. The van der Waals surface area contributed by atoms with Crippen LogP contribution in [0.3, 0.4) is 0 Å². The Morgan fingerprint density at radius 3 is 3.19 bits per heavy atom. The minimum Gasteiger partial charge on any atom is -0.493 e. The second kappa shape index (κ2) is 3.45. The first kappa shape index (κ1) is 9.59. The van der Waals surface area contributed by atoms with Gasteiger partial charge in [0.1, 0.15) is 11.6 Å². The molecule has 0 spiro atoms. The molecular formula is C11H9FN2OS. The van der Waals surface area contributed by atoms with E-state index in [9.17, 15) is 4.39 Å². The van der Waals surface area contributed by atoms with Gasteiger partial charge in [-0.25, -0.2) is 9.37 Å². The molecule has 3 nitrogen and oxygen atoms in total. The highest BCUT2D eigenvalue weighted by molar-refractivity contribution is 7.15. The van der Waals surface area contributed by atoms with E-state index in [0.29, 0.717) is 23.1 Å². The number of nitrogens with zero attached hydrogens (tertiary/aromatic N) is 1. The number of benzene rings is 1. The Labute approximate surface area is 95.7 Å². The maximum Gasteiger partial charge on any atom is 0.180 e. The zero-order valence-corrected chi connectivity index (χ0v) is 9.18. The van der Waals surface area contributed by atoms with Crippen LogP contribution in [0.25, 0.3) is 11.3 Å². The summed E-state index contributed by atoms with van der Waals surface area (Å²) < 4.78 is 18.8. The van der Waals surface area contributed by atoms with Crippen LogP contribution in [0.4, 0.5) is 9.52 Å². The summed E-state index contributed by atoms with van der Waals surface area (Å²) in [7, 11) is 0. The van der Waals surface area contributed by atoms with Crippen LogP contribution in [0.5, 0.6) is 5.75 Å². The Hall–Kier alpha value is -1.62. The molecule has 0 radical (unpaired) electrons. The first-order valence-electron chi connectivity index (χ1n) is 4.92. The number of anilines is 1. The quantitative estimate of drug-likeness (QED) is 0.764. The fourth-order valence-corrected chi connectivity index (χ4v) is 2.64. The molecule has 0 amide bonds. The Kier molecular flexibility index (Phi) is 2.07. The largest absolute Gasteiger partial charge is 0.493 e. The van der Waals surface area contributed by atoms with Crippen molar-refractivity contribution in [1.82, 2.24) is 4.98 Å². The van der Waals surface area contributed by atoms with Crippen molar-refractivity contribution in [2.45, 2.75) is 6.42 Å². The molecular weight excluding hydrogens is 227 g/mol. The van der Waals surface area contributed by atoms with Crippen LogP contribution in [0.2, 0.25) is 0 Å². The number of thiazole rings is 1. The van der Waals surface area contributed by atoms with Crippen LogP contribution in [0.1, 0.15) is 4.88 Å². The van der Waals surface area contributed by atoms with Crippen molar-refractivity contribution in [3.05, 3.63) is 28.9 Å². The molecule has 0 saturated carbocycles. The number of rotatable bonds is 0. The second-order valence-electron chi connectivity index (χ2n) is 3.56. The van der Waals surface area contributed by atoms with E-state index in [2.05, 4.69) is 4.98 Å². The van der Waals surface area contributed by atoms with Crippen LogP contribution in [-0.2, 0) is 6.42 Å². The van der Waals surface area contributed by atoms with Gasteiger partial charge in [-0.3, -0.25) is 0 Å². The van der Waals surface area contributed by atoms with Gasteiger partial charge in [0.05, 0.1) is 12.3 Å². The van der Waals surface area contributed by atoms with Gasteiger partial charge < -0.3 is 10.5 Å². The summed E-state index contributed by atoms with van der Waals surface area (Å²) in [5.74, 6) is 0.382. The third-order valence-electron chi connectivity index (χ3n) is 2.50. The number of nitrogens with two attached hydrogens (primary N) is 1. The van der Waals surface area contributed by atoms with E-state index >= 15 is 0 Å². The van der Waals surface area contributed by atoms with Crippen molar-refractivity contribution in [2.75, 3.05) is 12.3 Å². The van der Waals surface area contributed by atoms with Crippen LogP contribution in [0.15, 0.2) is 18.2 Å². The van der Waals surface area contributed by atoms with Crippen LogP contribution in [0, 0.1) is 5.82 Å². The zero-order chi connectivity index (χ0) is 11.1. The van der Waals surface area contributed by atoms with Gasteiger partial charge in [-0.1, -0.05) is 0 Å². The van der Waals surface area contributed by atoms with Gasteiger partial charge >= 0.3 is 0 Å². The number of hydrogen-bond acceptors (Lipinski definition) is 4. The topological polar surface area (TPSA) is 48.1 Å². The molecule has 16 heavy (non-hydrogen) atoms. The summed E-state index contributed by atoms with van der Waals surface area (Å²) in [6.07, 6.45) is 0.764. The van der Waals surface area contributed by atoms with Gasteiger partial charge in [0.2, 0.25) is 0 Å². The molecule has 1 aliphatic rings. The Balaban J connectivity index is 2.27. The van der Waals surface area contributed by atoms with Crippen LogP contribution >= 0.6 is 11.3 Å². The second-order valence-corrected chi connectivity index (χ2v) is 4.68. The molecule has 0 fully saturated rings. The zero-order valence-electron chi connectivity index (χ0n) is 8.37. The molecule has 5 heteroatoms. The molecule has 3 rings (SSSR count). The summed E-state index contributed by atoms with van der Waals surface area (Å²) in [6.45, 7) is 0.577. The number of aromatic nitrogens is 1. The molecule has 1 aliphatic heterocycles. The van der Waals surface area contributed by atoms with E-state index in [-0.39, 0.29) is 5.82 Å². The van der Waals surface area contributed by atoms with Crippen molar-refractivity contribution in [3.63, 3.8) is 0 Å². The lowest BCUT2D eigenvalue weighted by atomic mass is 10.1. The highest BCUT2D eigenvalue weighted by atomic mass is 32.1. The molecule has 1 aromatic carbocycles. The Morgan fingerprint density at radius 1 is 1.44 bits per heavy atom. The van der Waals surface area contributed by atoms with Crippen molar-refractivity contribution in [1.29, 1.82) is 0 Å². The van der Waals surface area contributed by atoms with Gasteiger partial charge in [0.15, 0.2) is 5.13 Å². The maximum absolute atomic E-state index is 13.2. The van der Waals surface area contributed by atoms with E-state index in [0.717, 1.165) is 17.0 Å². The third kappa shape index (κ3) is 1.44. The van der Waals surface area contributed by atoms with Gasteiger partial charge in [0.25, 0.3) is 0 Å². The minimum atomic E-state index is -0.290. The average Bonchev–Trinajstić information content (AvgIpc) is 2.54. The number of nitrogen functional groups attached to an aromatic ring is 1. The van der Waals surface area contributed by atoms with E-state index in [1.54, 1.807) is 6.07 Å². The lowest BCUT2D eigenvalue weighted by molar-refractivity contribution is 0.327. The molecule has 0 saturated heterocycles. The lowest BCUT2D eigenvalue weighted by Crippen LogP contribution is -1.97. The standard InChI is InChI=1S/C11H9FN2OS/c12-6-1-2-8-7(5-6)10-9(3-4-15-8)16-11(13)14-10/h1-2,5H,3-4H2,(H2,13,14). The first-order chi connectivity index (χ1) is 7.74. The van der Waals surface area contributed by atoms with Crippen molar-refractivity contribution in [3.8, 4) is 17.0 Å². The highest BCUT2D eigenvalue weighted by Crippen LogP contribution is 2.38. The van der Waals surface area contributed by atoms with E-state index in [1.165, 1.54) is 23.5 Å². The SMILES string of the molecule is Nc1nc2c(s1)CCOc1ccc(F)cc1-2. The summed E-state index contributed by atoms with van der Waals surface area (Å²) in [5, 5.41) is 0.516. The highest BCUT2D eigenvalue weighted by Gasteiger charge is 2.19. The summed E-state index contributed by atoms with van der Waals surface area (Å²) >= 11 is 1.44. The molecule has 2 heterocycles. The average molecular weight is 236 g/mol. The molecule has 1 aromatic heterocycles. The fraction of sp³-hybridized carbons (Fsp3) is 0.182. The third-order valence-corrected chi connectivity index (χ3v) is 3.44. The molecule has 0 bridgehead atoms. The van der Waals surface area contributed by atoms with Gasteiger partial charge in [0, 0.05) is 16.9 Å². The van der Waals surface area contributed by atoms with Gasteiger partial charge in [-0.05, 0) is 18.2 Å². The van der Waals surface area contributed by atoms with E-state index in [4.69, 9.17) is 10.5 Å². The van der Waals surface area contributed by atoms with Gasteiger partial charge in [-0.2, -0.15) is 0 Å². The number of hydrogen-bond donors (Lipinski definition) is 1. The van der Waals surface area contributed by atoms with Crippen molar-refractivity contribution < 1.29 is 9.13 Å². The predicted octanol–water partition coefficient (Wildman–Crippen LogP) is 2.47.